The number of benzene rings is 2. The molecule has 5 nitrogen and oxygen atoms in total. The van der Waals surface area contributed by atoms with E-state index in [0.29, 0.717) is 17.1 Å². The highest BCUT2D eigenvalue weighted by atomic mass is 16.3. The van der Waals surface area contributed by atoms with Gasteiger partial charge in [-0.05, 0) is 48.9 Å². The van der Waals surface area contributed by atoms with Crippen LogP contribution in [-0.2, 0) is 0 Å². The molecule has 0 amide bonds. The molecule has 2 aromatic carbocycles. The predicted molar refractivity (Wildman–Crippen MR) is 72.6 cm³/mol. The van der Waals surface area contributed by atoms with Gasteiger partial charge in [0.2, 0.25) is 0 Å². The van der Waals surface area contributed by atoms with Crippen molar-refractivity contribution in [2.45, 2.75) is 6.92 Å². The van der Waals surface area contributed by atoms with Gasteiger partial charge in [-0.15, -0.1) is 0 Å². The standard InChI is InChI=1S/C14H12N4O/c1-9-6-11(16)2-4-13(9)18-17-12-3-5-14(19)10(7-12)8-15/h2-7,19H,16H2,1H3. The number of nitrogen functional groups attached to an aromatic ring is 1. The summed E-state index contributed by atoms with van der Waals surface area (Å²) in [5.41, 5.74) is 8.63. The normalized spacial score (nSPS) is 10.5. The van der Waals surface area contributed by atoms with Gasteiger partial charge >= 0.3 is 0 Å². The van der Waals surface area contributed by atoms with Gasteiger partial charge in [0.05, 0.1) is 16.9 Å². The van der Waals surface area contributed by atoms with E-state index in [0.717, 1.165) is 5.56 Å². The molecule has 3 N–H and O–H groups in total. The van der Waals surface area contributed by atoms with E-state index < -0.39 is 0 Å². The second kappa shape index (κ2) is 5.19. The van der Waals surface area contributed by atoms with Gasteiger partial charge in [0, 0.05) is 5.69 Å². The number of hydrogen-bond acceptors (Lipinski definition) is 5. The highest BCUT2D eigenvalue weighted by Gasteiger charge is 2.01. The number of rotatable bonds is 2. The molecule has 94 valence electrons. The molecule has 0 heterocycles. The Morgan fingerprint density at radius 2 is 1.95 bits per heavy atom. The topological polar surface area (TPSA) is 94.8 Å². The Hall–Kier alpha value is -2.87. The molecule has 0 radical (unpaired) electrons. The quantitative estimate of drug-likeness (QED) is 0.631. The molecule has 0 aliphatic rings. The zero-order valence-electron chi connectivity index (χ0n) is 10.3. The molecular formula is C14H12N4O. The maximum absolute atomic E-state index is 9.39. The summed E-state index contributed by atoms with van der Waals surface area (Å²) in [7, 11) is 0. The smallest absolute Gasteiger partial charge is 0.133 e. The zero-order chi connectivity index (χ0) is 13.8. The van der Waals surface area contributed by atoms with E-state index in [9.17, 15) is 5.11 Å². The van der Waals surface area contributed by atoms with Crippen molar-refractivity contribution in [1.29, 1.82) is 5.26 Å². The van der Waals surface area contributed by atoms with E-state index in [-0.39, 0.29) is 11.3 Å². The van der Waals surface area contributed by atoms with Gasteiger partial charge in [0.1, 0.15) is 11.8 Å². The first-order valence-corrected chi connectivity index (χ1v) is 5.61. The number of phenols is 1. The fraction of sp³-hybridized carbons (Fsp3) is 0.0714. The van der Waals surface area contributed by atoms with Crippen LogP contribution in [0.2, 0.25) is 0 Å². The molecule has 0 atom stereocenters. The number of aryl methyl sites for hydroxylation is 1. The number of aromatic hydroxyl groups is 1. The van der Waals surface area contributed by atoms with Gasteiger partial charge in [0.15, 0.2) is 0 Å². The van der Waals surface area contributed by atoms with Crippen molar-refractivity contribution in [3.8, 4) is 11.8 Å². The molecule has 0 unspecified atom stereocenters. The van der Waals surface area contributed by atoms with Crippen LogP contribution in [0.4, 0.5) is 17.1 Å². The Kier molecular flexibility index (Phi) is 3.44. The average Bonchev–Trinajstić information content (AvgIpc) is 2.39. The first-order valence-electron chi connectivity index (χ1n) is 5.61. The minimum atomic E-state index is -0.0647. The average molecular weight is 252 g/mol. The number of azo groups is 1. The first kappa shape index (κ1) is 12.6. The lowest BCUT2D eigenvalue weighted by Gasteiger charge is -2.00. The molecule has 0 fully saturated rings. The molecule has 2 rings (SSSR count). The van der Waals surface area contributed by atoms with Gasteiger partial charge in [-0.3, -0.25) is 0 Å². The van der Waals surface area contributed by atoms with Crippen molar-refractivity contribution in [3.05, 3.63) is 47.5 Å². The Morgan fingerprint density at radius 3 is 2.63 bits per heavy atom. The summed E-state index contributed by atoms with van der Waals surface area (Å²) in [6.07, 6.45) is 0. The second-order valence-electron chi connectivity index (χ2n) is 4.06. The van der Waals surface area contributed by atoms with Crippen LogP contribution >= 0.6 is 0 Å². The van der Waals surface area contributed by atoms with Gasteiger partial charge in [-0.2, -0.15) is 15.5 Å². The summed E-state index contributed by atoms with van der Waals surface area (Å²) in [5, 5.41) is 26.3. The van der Waals surface area contributed by atoms with Crippen molar-refractivity contribution in [2.75, 3.05) is 5.73 Å². The maximum Gasteiger partial charge on any atom is 0.133 e. The third-order valence-electron chi connectivity index (χ3n) is 2.59. The van der Waals surface area contributed by atoms with Gasteiger partial charge < -0.3 is 10.8 Å². The Morgan fingerprint density at radius 1 is 1.16 bits per heavy atom. The molecule has 0 saturated heterocycles. The zero-order valence-corrected chi connectivity index (χ0v) is 10.3. The van der Waals surface area contributed by atoms with Crippen molar-refractivity contribution in [1.82, 2.24) is 0 Å². The fourth-order valence-electron chi connectivity index (χ4n) is 1.58. The van der Waals surface area contributed by atoms with Gasteiger partial charge in [-0.25, -0.2) is 0 Å². The summed E-state index contributed by atoms with van der Waals surface area (Å²) in [4.78, 5) is 0. The van der Waals surface area contributed by atoms with Crippen LogP contribution in [0.1, 0.15) is 11.1 Å². The van der Waals surface area contributed by atoms with Gasteiger partial charge in [0.25, 0.3) is 0 Å². The Balaban J connectivity index is 2.30. The monoisotopic (exact) mass is 252 g/mol. The third-order valence-corrected chi connectivity index (χ3v) is 2.59. The highest BCUT2D eigenvalue weighted by Crippen LogP contribution is 2.26. The second-order valence-corrected chi connectivity index (χ2v) is 4.06. The van der Waals surface area contributed by atoms with E-state index in [1.807, 2.05) is 19.1 Å². The lowest BCUT2D eigenvalue weighted by atomic mass is 10.2. The molecule has 0 aliphatic heterocycles. The number of anilines is 1. The van der Waals surface area contributed by atoms with Crippen LogP contribution in [-0.4, -0.2) is 5.11 Å². The van der Waals surface area contributed by atoms with E-state index in [4.69, 9.17) is 11.0 Å². The van der Waals surface area contributed by atoms with Crippen molar-refractivity contribution < 1.29 is 5.11 Å². The van der Waals surface area contributed by atoms with Gasteiger partial charge in [-0.1, -0.05) is 0 Å². The number of nitrogens with zero attached hydrogens (tertiary/aromatic N) is 3. The minimum Gasteiger partial charge on any atom is -0.507 e. The summed E-state index contributed by atoms with van der Waals surface area (Å²) in [6.45, 7) is 1.89. The summed E-state index contributed by atoms with van der Waals surface area (Å²) >= 11 is 0. The molecule has 5 heteroatoms. The first-order chi connectivity index (χ1) is 9.10. The Bertz CT molecular complexity index is 686. The number of nitriles is 1. The summed E-state index contributed by atoms with van der Waals surface area (Å²) < 4.78 is 0. The van der Waals surface area contributed by atoms with E-state index in [1.54, 1.807) is 18.2 Å². The molecule has 0 aliphatic carbocycles. The van der Waals surface area contributed by atoms with Crippen molar-refractivity contribution in [2.24, 2.45) is 10.2 Å². The minimum absolute atomic E-state index is 0.0647. The van der Waals surface area contributed by atoms with Crippen LogP contribution < -0.4 is 5.73 Å². The van der Waals surface area contributed by atoms with Crippen LogP contribution in [0.5, 0.6) is 5.75 Å². The van der Waals surface area contributed by atoms with Crippen molar-refractivity contribution >= 4 is 17.1 Å². The molecule has 0 aromatic heterocycles. The summed E-state index contributed by atoms with van der Waals surface area (Å²) in [5.74, 6) is -0.0647. The fourth-order valence-corrected chi connectivity index (χ4v) is 1.58. The molecule has 19 heavy (non-hydrogen) atoms. The summed E-state index contributed by atoms with van der Waals surface area (Å²) in [6, 6.07) is 11.7. The SMILES string of the molecule is Cc1cc(N)ccc1N=Nc1ccc(O)c(C#N)c1. The molecule has 0 spiro atoms. The van der Waals surface area contributed by atoms with Crippen molar-refractivity contribution in [3.63, 3.8) is 0 Å². The van der Waals surface area contributed by atoms with Crippen LogP contribution in [0, 0.1) is 18.3 Å². The third kappa shape index (κ3) is 2.87. The van der Waals surface area contributed by atoms with E-state index >= 15 is 0 Å². The molecule has 0 saturated carbocycles. The highest BCUT2D eigenvalue weighted by molar-refractivity contribution is 5.55. The van der Waals surface area contributed by atoms with Crippen LogP contribution in [0.15, 0.2) is 46.6 Å². The lowest BCUT2D eigenvalue weighted by Crippen LogP contribution is -1.84. The largest absolute Gasteiger partial charge is 0.507 e. The number of hydrogen-bond donors (Lipinski definition) is 2. The lowest BCUT2D eigenvalue weighted by molar-refractivity contribution is 0.473. The maximum atomic E-state index is 9.39. The molecular weight excluding hydrogens is 240 g/mol. The predicted octanol–water partition coefficient (Wildman–Crippen LogP) is 3.57. The van der Waals surface area contributed by atoms with Crippen LogP contribution in [0.3, 0.4) is 0 Å². The molecule has 0 bridgehead atoms. The number of nitrogens with two attached hydrogens (primary N) is 1. The molecule has 2 aromatic rings. The van der Waals surface area contributed by atoms with Crippen LogP contribution in [0.25, 0.3) is 0 Å². The Labute approximate surface area is 110 Å². The van der Waals surface area contributed by atoms with E-state index in [1.165, 1.54) is 12.1 Å². The number of phenolic OH excluding ortho intramolecular Hbond substituents is 1. The van der Waals surface area contributed by atoms with E-state index in [2.05, 4.69) is 10.2 Å².